The van der Waals surface area contributed by atoms with Crippen molar-refractivity contribution in [1.82, 2.24) is 20.9 Å². The molecule has 0 bridgehead atoms. The average molecular weight is 502 g/mol. The van der Waals surface area contributed by atoms with E-state index < -0.39 is 0 Å². The number of carbonyl (C=O) groups excluding carboxylic acids is 2. The zero-order chi connectivity index (χ0) is 26.9. The SMILES string of the molecule is CCc1ccc(C)c(C2C=C3C(=CC2CC)NC(=O)/C3=C(/C)NC(=N)/C=C2/CN(C(C)C)C(=O)CN2)c1. The van der Waals surface area contributed by atoms with E-state index in [2.05, 4.69) is 67.1 Å². The summed E-state index contributed by atoms with van der Waals surface area (Å²) >= 11 is 0. The quantitative estimate of drug-likeness (QED) is 0.267. The fraction of sp³-hybridized carbons (Fsp3) is 0.433. The predicted molar refractivity (Wildman–Crippen MR) is 148 cm³/mol. The highest BCUT2D eigenvalue weighted by Crippen LogP contribution is 2.42. The van der Waals surface area contributed by atoms with Crippen molar-refractivity contribution < 1.29 is 9.59 Å². The molecular formula is C30H39N5O2. The van der Waals surface area contributed by atoms with E-state index in [9.17, 15) is 9.59 Å². The van der Waals surface area contributed by atoms with Crippen molar-refractivity contribution in [3.8, 4) is 0 Å². The zero-order valence-electron chi connectivity index (χ0n) is 22.8. The van der Waals surface area contributed by atoms with Gasteiger partial charge in [-0.1, -0.05) is 44.2 Å². The van der Waals surface area contributed by atoms with Crippen LogP contribution in [0.25, 0.3) is 0 Å². The van der Waals surface area contributed by atoms with E-state index in [1.165, 1.54) is 16.7 Å². The van der Waals surface area contributed by atoms with E-state index >= 15 is 0 Å². The third-order valence-corrected chi connectivity index (χ3v) is 7.57. The maximum absolute atomic E-state index is 13.1. The van der Waals surface area contributed by atoms with Crippen molar-refractivity contribution in [2.45, 2.75) is 66.3 Å². The first kappa shape index (κ1) is 26.5. The number of amides is 2. The van der Waals surface area contributed by atoms with E-state index in [1.54, 1.807) is 11.0 Å². The maximum Gasteiger partial charge on any atom is 0.258 e. The molecule has 0 spiro atoms. The lowest BCUT2D eigenvalue weighted by Gasteiger charge is -2.33. The molecule has 2 fully saturated rings. The molecule has 2 saturated heterocycles. The summed E-state index contributed by atoms with van der Waals surface area (Å²) in [5, 5.41) is 17.8. The van der Waals surface area contributed by atoms with Crippen LogP contribution < -0.4 is 16.0 Å². The molecule has 7 nitrogen and oxygen atoms in total. The van der Waals surface area contributed by atoms with Crippen molar-refractivity contribution in [3.05, 3.63) is 81.4 Å². The Morgan fingerprint density at radius 2 is 2.00 bits per heavy atom. The van der Waals surface area contributed by atoms with Gasteiger partial charge in [-0.15, -0.1) is 0 Å². The van der Waals surface area contributed by atoms with Crippen molar-refractivity contribution in [2.75, 3.05) is 13.1 Å². The largest absolute Gasteiger partial charge is 0.378 e. The second-order valence-electron chi connectivity index (χ2n) is 10.4. The van der Waals surface area contributed by atoms with Crippen LogP contribution in [0, 0.1) is 18.3 Å². The first-order valence-corrected chi connectivity index (χ1v) is 13.3. The van der Waals surface area contributed by atoms with Gasteiger partial charge in [0.1, 0.15) is 5.84 Å². The topological polar surface area (TPSA) is 97.3 Å². The van der Waals surface area contributed by atoms with Gasteiger partial charge in [-0.25, -0.2) is 0 Å². The van der Waals surface area contributed by atoms with Gasteiger partial charge in [0.25, 0.3) is 5.91 Å². The van der Waals surface area contributed by atoms with E-state index in [0.717, 1.165) is 29.8 Å². The highest BCUT2D eigenvalue weighted by atomic mass is 16.2. The maximum atomic E-state index is 13.1. The molecule has 2 unspecified atom stereocenters. The number of nitrogens with zero attached hydrogens (tertiary/aromatic N) is 1. The fourth-order valence-electron chi connectivity index (χ4n) is 5.43. The molecule has 2 aliphatic heterocycles. The normalized spacial score (nSPS) is 23.9. The van der Waals surface area contributed by atoms with Crippen LogP contribution in [-0.4, -0.2) is 41.7 Å². The van der Waals surface area contributed by atoms with Gasteiger partial charge in [0.2, 0.25) is 5.91 Å². The molecule has 2 heterocycles. The van der Waals surface area contributed by atoms with Gasteiger partial charge in [-0.05, 0) is 63.1 Å². The molecule has 4 N–H and O–H groups in total. The molecule has 0 aromatic heterocycles. The Morgan fingerprint density at radius 1 is 1.24 bits per heavy atom. The van der Waals surface area contributed by atoms with E-state index in [4.69, 9.17) is 5.41 Å². The number of amidine groups is 1. The van der Waals surface area contributed by atoms with Crippen LogP contribution in [0.2, 0.25) is 0 Å². The summed E-state index contributed by atoms with van der Waals surface area (Å²) in [6.45, 7) is 13.0. The Labute approximate surface area is 220 Å². The van der Waals surface area contributed by atoms with Gasteiger partial charge >= 0.3 is 0 Å². The minimum absolute atomic E-state index is 0.0516. The average Bonchev–Trinajstić information content (AvgIpc) is 3.19. The smallest absolute Gasteiger partial charge is 0.258 e. The van der Waals surface area contributed by atoms with Crippen molar-refractivity contribution in [2.24, 2.45) is 5.92 Å². The van der Waals surface area contributed by atoms with E-state index in [0.29, 0.717) is 23.7 Å². The molecule has 2 atom stereocenters. The van der Waals surface area contributed by atoms with Crippen LogP contribution >= 0.6 is 0 Å². The van der Waals surface area contributed by atoms with Crippen LogP contribution in [0.5, 0.6) is 0 Å². The second-order valence-corrected chi connectivity index (χ2v) is 10.4. The first-order chi connectivity index (χ1) is 17.6. The van der Waals surface area contributed by atoms with Gasteiger partial charge in [0.05, 0.1) is 18.7 Å². The lowest BCUT2D eigenvalue weighted by Crippen LogP contribution is -2.49. The van der Waals surface area contributed by atoms with Gasteiger partial charge < -0.3 is 20.9 Å². The number of nitrogens with one attached hydrogen (secondary N) is 4. The highest BCUT2D eigenvalue weighted by Gasteiger charge is 2.36. The molecule has 3 aliphatic rings. The monoisotopic (exact) mass is 501 g/mol. The Morgan fingerprint density at radius 3 is 2.68 bits per heavy atom. The Bertz CT molecular complexity index is 1250. The van der Waals surface area contributed by atoms with E-state index in [1.807, 2.05) is 20.8 Å². The molecule has 1 aromatic carbocycles. The zero-order valence-corrected chi connectivity index (χ0v) is 22.8. The molecule has 37 heavy (non-hydrogen) atoms. The van der Waals surface area contributed by atoms with Gasteiger partial charge in [0, 0.05) is 40.7 Å². The summed E-state index contributed by atoms with van der Waals surface area (Å²) in [5.41, 5.74) is 7.65. The van der Waals surface area contributed by atoms with E-state index in [-0.39, 0.29) is 36.2 Å². The van der Waals surface area contributed by atoms with Crippen LogP contribution in [0.15, 0.2) is 64.7 Å². The minimum atomic E-state index is -0.148. The van der Waals surface area contributed by atoms with Crippen LogP contribution in [0.1, 0.15) is 63.6 Å². The molecule has 196 valence electrons. The van der Waals surface area contributed by atoms with Crippen molar-refractivity contribution >= 4 is 17.6 Å². The second kappa shape index (κ2) is 10.8. The number of aryl methyl sites for hydroxylation is 2. The summed E-state index contributed by atoms with van der Waals surface area (Å²) in [5.74, 6) is 0.546. The third kappa shape index (κ3) is 5.41. The molecule has 2 amide bonds. The van der Waals surface area contributed by atoms with Crippen LogP contribution in [0.3, 0.4) is 0 Å². The molecule has 1 aliphatic carbocycles. The summed E-state index contributed by atoms with van der Waals surface area (Å²) in [6, 6.07) is 6.79. The van der Waals surface area contributed by atoms with Crippen molar-refractivity contribution in [3.63, 3.8) is 0 Å². The summed E-state index contributed by atoms with van der Waals surface area (Å²) < 4.78 is 0. The summed E-state index contributed by atoms with van der Waals surface area (Å²) in [7, 11) is 0. The number of hydrogen-bond acceptors (Lipinski definition) is 4. The number of benzene rings is 1. The lowest BCUT2D eigenvalue weighted by atomic mass is 9.76. The number of piperazine rings is 1. The highest BCUT2D eigenvalue weighted by molar-refractivity contribution is 6.07. The molecular weight excluding hydrogens is 462 g/mol. The minimum Gasteiger partial charge on any atom is -0.378 e. The van der Waals surface area contributed by atoms with Crippen LogP contribution in [0.4, 0.5) is 0 Å². The third-order valence-electron chi connectivity index (χ3n) is 7.57. The predicted octanol–water partition coefficient (Wildman–Crippen LogP) is 4.19. The molecule has 0 saturated carbocycles. The Balaban J connectivity index is 1.63. The Kier molecular flexibility index (Phi) is 7.71. The molecule has 0 radical (unpaired) electrons. The summed E-state index contributed by atoms with van der Waals surface area (Å²) in [6.07, 6.45) is 8.09. The first-order valence-electron chi connectivity index (χ1n) is 13.3. The number of allylic oxidation sites excluding steroid dienone is 4. The van der Waals surface area contributed by atoms with Gasteiger partial charge in [-0.3, -0.25) is 15.0 Å². The molecule has 4 rings (SSSR count). The standard InChI is InChI=1S/C30H39N5O2/c1-7-20-10-9-18(5)23(11-20)24-14-25-26(12-21(24)8-2)34-30(37)29(25)19(6)33-27(31)13-22-16-35(17(3)4)28(36)15-32-22/h9-14,17,21,24,32H,7-8,15-16H2,1-6H3,(H2,31,33)(H,34,37)/b22-13-,29-19-. The van der Waals surface area contributed by atoms with Crippen LogP contribution in [-0.2, 0) is 16.0 Å². The Hall–Kier alpha value is -3.61. The number of carbonyl (C=O) groups is 2. The number of rotatable bonds is 6. The molecule has 1 aromatic rings. The molecule has 7 heteroatoms. The van der Waals surface area contributed by atoms with Gasteiger partial charge in [-0.2, -0.15) is 0 Å². The summed E-state index contributed by atoms with van der Waals surface area (Å²) in [4.78, 5) is 27.0. The number of fused-ring (bicyclic) bond motifs is 1. The van der Waals surface area contributed by atoms with Gasteiger partial charge in [0.15, 0.2) is 0 Å². The fourth-order valence-corrected chi connectivity index (χ4v) is 5.43. The van der Waals surface area contributed by atoms with Crippen molar-refractivity contribution in [1.29, 1.82) is 5.41 Å². The number of hydrogen-bond donors (Lipinski definition) is 4. The lowest BCUT2D eigenvalue weighted by molar-refractivity contribution is -0.132.